The number of anilines is 1. The first-order valence-corrected chi connectivity index (χ1v) is 15.1. The smallest absolute Gasteiger partial charge is 0.358 e. The summed E-state index contributed by atoms with van der Waals surface area (Å²) in [5.74, 6) is -0.00396. The van der Waals surface area contributed by atoms with Crippen LogP contribution < -0.4 is 10.9 Å². The maximum Gasteiger partial charge on any atom is 0.409 e. The van der Waals surface area contributed by atoms with Crippen LogP contribution in [0.3, 0.4) is 0 Å². The molecule has 17 heteroatoms. The summed E-state index contributed by atoms with van der Waals surface area (Å²) in [6.45, 7) is 2.39. The summed E-state index contributed by atoms with van der Waals surface area (Å²) in [5.41, 5.74) is 0.409. The van der Waals surface area contributed by atoms with E-state index in [4.69, 9.17) is 0 Å². The van der Waals surface area contributed by atoms with E-state index in [1.54, 1.807) is 29.5 Å². The summed E-state index contributed by atoms with van der Waals surface area (Å²) < 4.78 is 66.1. The van der Waals surface area contributed by atoms with Gasteiger partial charge in [0.05, 0.1) is 29.7 Å². The largest absolute Gasteiger partial charge is 0.409 e. The monoisotopic (exact) mass is 687 g/mol. The number of rotatable bonds is 8. The average molecular weight is 687 g/mol. The second kappa shape index (κ2) is 10.6. The minimum absolute atomic E-state index is 0.0474. The summed E-state index contributed by atoms with van der Waals surface area (Å²) >= 11 is 1.71. The third kappa shape index (κ3) is 5.48. The number of nitrogens with one attached hydrogen (secondary N) is 1. The summed E-state index contributed by atoms with van der Waals surface area (Å²) in [7, 11) is -3.53. The highest BCUT2D eigenvalue weighted by Gasteiger charge is 2.40. The van der Waals surface area contributed by atoms with Crippen molar-refractivity contribution in [1.82, 2.24) is 39.5 Å². The molecule has 0 aromatic carbocycles. The predicted molar refractivity (Wildman–Crippen MR) is 146 cm³/mol. The van der Waals surface area contributed by atoms with E-state index in [0.29, 0.717) is 21.5 Å². The van der Waals surface area contributed by atoms with Gasteiger partial charge < -0.3 is 5.32 Å². The maximum atomic E-state index is 13.9. The molecule has 1 saturated carbocycles. The van der Waals surface area contributed by atoms with Gasteiger partial charge in [0.1, 0.15) is 32.4 Å². The Morgan fingerprint density at radius 3 is 2.42 bits per heavy atom. The lowest BCUT2D eigenvalue weighted by Gasteiger charge is -2.21. The lowest BCUT2D eigenvalue weighted by atomic mass is 10.1. The number of hydrogen-bond donors (Lipinski definition) is 1. The summed E-state index contributed by atoms with van der Waals surface area (Å²) in [5, 5.41) is 2.66. The number of sulfone groups is 1. The molecule has 1 atom stereocenters. The molecule has 1 aliphatic carbocycles. The lowest BCUT2D eigenvalue weighted by Crippen LogP contribution is -2.35. The zero-order valence-electron chi connectivity index (χ0n) is 21.0. The third-order valence-electron chi connectivity index (χ3n) is 6.34. The Morgan fingerprint density at radius 2 is 1.80 bits per heavy atom. The molecular formula is C23H21F3IN9O3S. The number of halogens is 4. The topological polar surface area (TPSA) is 158 Å². The summed E-state index contributed by atoms with van der Waals surface area (Å²) in [6, 6.07) is -2.24. The minimum atomic E-state index is -4.77. The molecule has 0 radical (unpaired) electrons. The van der Waals surface area contributed by atoms with Crippen molar-refractivity contribution in [2.24, 2.45) is 0 Å². The van der Waals surface area contributed by atoms with Crippen molar-refractivity contribution >= 4 is 49.4 Å². The quantitative estimate of drug-likeness (QED) is 0.214. The summed E-state index contributed by atoms with van der Waals surface area (Å²) in [6.07, 6.45) is 1.99. The highest BCUT2D eigenvalue weighted by atomic mass is 127. The van der Waals surface area contributed by atoms with Crippen LogP contribution in [0.5, 0.6) is 0 Å². The molecule has 1 fully saturated rings. The van der Waals surface area contributed by atoms with Crippen molar-refractivity contribution in [3.05, 3.63) is 52.5 Å². The lowest BCUT2D eigenvalue weighted by molar-refractivity contribution is -0.162. The zero-order chi connectivity index (χ0) is 28.8. The average Bonchev–Trinajstić information content (AvgIpc) is 3.77. The van der Waals surface area contributed by atoms with Gasteiger partial charge in [0.2, 0.25) is 0 Å². The molecule has 0 spiro atoms. The van der Waals surface area contributed by atoms with E-state index in [1.165, 1.54) is 12.5 Å². The fraction of sp³-hybridized carbons (Fsp3) is 0.391. The molecule has 1 N–H and O–H groups in total. The van der Waals surface area contributed by atoms with Crippen molar-refractivity contribution in [2.75, 3.05) is 9.08 Å². The molecule has 5 rings (SSSR count). The Kier molecular flexibility index (Phi) is 7.45. The number of alkyl halides is 4. The van der Waals surface area contributed by atoms with Crippen LogP contribution in [0, 0.1) is 6.92 Å². The highest BCUT2D eigenvalue weighted by Crippen LogP contribution is 2.43. The van der Waals surface area contributed by atoms with Gasteiger partial charge in [-0.3, -0.25) is 9.36 Å². The molecule has 4 aromatic rings. The normalized spacial score (nSPS) is 14.8. The molecule has 40 heavy (non-hydrogen) atoms. The van der Waals surface area contributed by atoms with Gasteiger partial charge in [-0.25, -0.2) is 43.3 Å². The fourth-order valence-corrected chi connectivity index (χ4v) is 5.63. The van der Waals surface area contributed by atoms with Crippen LogP contribution in [0.4, 0.5) is 19.0 Å². The van der Waals surface area contributed by atoms with Crippen LogP contribution in [-0.2, 0) is 16.4 Å². The first kappa shape index (κ1) is 28.2. The second-order valence-electron chi connectivity index (χ2n) is 9.16. The number of nitrogens with zero attached hydrogens (tertiary/aromatic N) is 8. The number of hydrogen-bond acceptors (Lipinski definition) is 11. The van der Waals surface area contributed by atoms with Crippen LogP contribution in [0.25, 0.3) is 22.6 Å². The van der Waals surface area contributed by atoms with Crippen LogP contribution in [0.15, 0.2) is 34.6 Å². The van der Waals surface area contributed by atoms with Gasteiger partial charge in [0.25, 0.3) is 5.56 Å². The third-order valence-corrected chi connectivity index (χ3v) is 10.0. The standard InChI is InChI=1S/C23H21F3IN9O3S/c1-11-17(18(13-3-4-13)33-10-32-11)19-30-7-15-21(35-19)36(12(2)23(24,25)26)22(37)20(34-15)31-8-16-28-5-14(6-29-16)40(38,39)9-27/h5-7,10,12-13H,3-4,8-9H2,1-2H3,(H,31,34)/t12-/m0/s1. The Bertz CT molecular complexity index is 1760. The van der Waals surface area contributed by atoms with Gasteiger partial charge in [0, 0.05) is 18.3 Å². The number of aryl methyl sites for hydroxylation is 1. The Morgan fingerprint density at radius 1 is 1.10 bits per heavy atom. The van der Waals surface area contributed by atoms with E-state index in [-0.39, 0.29) is 43.9 Å². The molecule has 0 aliphatic heterocycles. The number of aromatic nitrogens is 8. The van der Waals surface area contributed by atoms with Gasteiger partial charge in [0.15, 0.2) is 27.1 Å². The van der Waals surface area contributed by atoms with Crippen LogP contribution in [-0.4, -0.2) is 57.8 Å². The summed E-state index contributed by atoms with van der Waals surface area (Å²) in [4.78, 5) is 42.7. The van der Waals surface area contributed by atoms with Crippen LogP contribution in [0.1, 0.15) is 48.9 Å². The van der Waals surface area contributed by atoms with Gasteiger partial charge in [-0.15, -0.1) is 0 Å². The van der Waals surface area contributed by atoms with Gasteiger partial charge in [-0.1, -0.05) is 22.6 Å². The molecule has 4 heterocycles. The second-order valence-corrected chi connectivity index (χ2v) is 12.9. The van der Waals surface area contributed by atoms with Crippen LogP contribution >= 0.6 is 22.6 Å². The number of fused-ring (bicyclic) bond motifs is 1. The Labute approximate surface area is 239 Å². The van der Waals surface area contributed by atoms with E-state index < -0.39 is 33.4 Å². The first-order chi connectivity index (χ1) is 18.9. The maximum absolute atomic E-state index is 13.9. The van der Waals surface area contributed by atoms with E-state index in [9.17, 15) is 26.4 Å². The molecule has 0 saturated heterocycles. The fourth-order valence-electron chi connectivity index (χ4n) is 4.00. The highest BCUT2D eigenvalue weighted by molar-refractivity contribution is 14.1. The Hall–Kier alpha value is -3.35. The predicted octanol–water partition coefficient (Wildman–Crippen LogP) is 3.52. The zero-order valence-corrected chi connectivity index (χ0v) is 24.0. The molecular weight excluding hydrogens is 666 g/mol. The van der Waals surface area contributed by atoms with Gasteiger partial charge in [-0.2, -0.15) is 13.2 Å². The minimum Gasteiger partial charge on any atom is -0.358 e. The van der Waals surface area contributed by atoms with Crippen LogP contribution in [0.2, 0.25) is 0 Å². The first-order valence-electron chi connectivity index (χ1n) is 11.9. The van der Waals surface area contributed by atoms with E-state index in [0.717, 1.165) is 32.2 Å². The van der Waals surface area contributed by atoms with Gasteiger partial charge in [-0.05, 0) is 26.7 Å². The van der Waals surface area contributed by atoms with Crippen molar-refractivity contribution in [3.8, 4) is 11.4 Å². The van der Waals surface area contributed by atoms with E-state index in [2.05, 4.69) is 40.2 Å². The van der Waals surface area contributed by atoms with E-state index >= 15 is 0 Å². The SMILES string of the molecule is Cc1ncnc(C2CC2)c1-c1ncc2nc(NCc3ncc(S(=O)(=O)CI)cn3)c(=O)n([C@@H](C)C(F)(F)F)c2n1. The van der Waals surface area contributed by atoms with Crippen molar-refractivity contribution in [1.29, 1.82) is 0 Å². The molecule has 4 aromatic heterocycles. The van der Waals surface area contributed by atoms with Gasteiger partial charge >= 0.3 is 6.18 Å². The van der Waals surface area contributed by atoms with E-state index in [1.807, 2.05) is 0 Å². The molecule has 210 valence electrons. The van der Waals surface area contributed by atoms with Crippen molar-refractivity contribution in [2.45, 2.75) is 56.3 Å². The molecule has 12 nitrogen and oxygen atoms in total. The molecule has 0 bridgehead atoms. The van der Waals surface area contributed by atoms with Crippen molar-refractivity contribution in [3.63, 3.8) is 0 Å². The molecule has 0 amide bonds. The Balaban J connectivity index is 1.57. The molecule has 1 aliphatic rings. The van der Waals surface area contributed by atoms with Crippen molar-refractivity contribution < 1.29 is 21.6 Å². The molecule has 0 unspecified atom stereocenters.